The zero-order valence-corrected chi connectivity index (χ0v) is 9.10. The van der Waals surface area contributed by atoms with Gasteiger partial charge in [-0.3, -0.25) is 4.79 Å². The standard InChI is InChI=1S/C15H10NO/c17-15-13-9-5-4-8-12(13)10-14(16-15)11-6-2-1-3-7-11/h1-2,4-10H,(H,16,17). The molecule has 0 unspecified atom stereocenters. The Morgan fingerprint density at radius 2 is 1.94 bits per heavy atom. The van der Waals surface area contributed by atoms with Crippen molar-refractivity contribution in [2.45, 2.75) is 0 Å². The molecule has 1 radical (unpaired) electrons. The normalized spacial score (nSPS) is 10.6. The first-order valence-corrected chi connectivity index (χ1v) is 5.43. The quantitative estimate of drug-likeness (QED) is 0.671. The molecule has 0 spiro atoms. The van der Waals surface area contributed by atoms with Gasteiger partial charge in [0.25, 0.3) is 5.56 Å². The van der Waals surface area contributed by atoms with E-state index in [1.807, 2.05) is 54.6 Å². The van der Waals surface area contributed by atoms with Gasteiger partial charge < -0.3 is 4.98 Å². The van der Waals surface area contributed by atoms with Crippen LogP contribution in [0.25, 0.3) is 22.0 Å². The second-order valence-electron chi connectivity index (χ2n) is 3.89. The van der Waals surface area contributed by atoms with Gasteiger partial charge in [-0.25, -0.2) is 0 Å². The van der Waals surface area contributed by atoms with E-state index in [0.717, 1.165) is 22.0 Å². The molecule has 0 aliphatic heterocycles. The van der Waals surface area contributed by atoms with Gasteiger partial charge in [0.05, 0.1) is 0 Å². The van der Waals surface area contributed by atoms with Crippen molar-refractivity contribution in [2.24, 2.45) is 0 Å². The minimum absolute atomic E-state index is 0.0537. The highest BCUT2D eigenvalue weighted by molar-refractivity contribution is 5.84. The third kappa shape index (κ3) is 1.74. The first-order chi connectivity index (χ1) is 8.34. The minimum atomic E-state index is -0.0537. The van der Waals surface area contributed by atoms with Gasteiger partial charge in [0, 0.05) is 11.1 Å². The zero-order chi connectivity index (χ0) is 11.7. The number of pyridine rings is 1. The molecule has 0 bridgehead atoms. The lowest BCUT2D eigenvalue weighted by Gasteiger charge is -2.03. The predicted octanol–water partition coefficient (Wildman–Crippen LogP) is 3.00. The van der Waals surface area contributed by atoms with Gasteiger partial charge in [-0.1, -0.05) is 36.4 Å². The maximum atomic E-state index is 11.9. The third-order valence-electron chi connectivity index (χ3n) is 2.77. The van der Waals surface area contributed by atoms with Gasteiger partial charge in [-0.05, 0) is 35.2 Å². The van der Waals surface area contributed by atoms with E-state index < -0.39 is 0 Å². The van der Waals surface area contributed by atoms with Crippen LogP contribution in [0.2, 0.25) is 0 Å². The van der Waals surface area contributed by atoms with Crippen LogP contribution in [0.3, 0.4) is 0 Å². The smallest absolute Gasteiger partial charge is 0.256 e. The Morgan fingerprint density at radius 1 is 1.06 bits per heavy atom. The Hall–Kier alpha value is -2.35. The lowest BCUT2D eigenvalue weighted by Crippen LogP contribution is -2.06. The topological polar surface area (TPSA) is 32.9 Å². The summed E-state index contributed by atoms with van der Waals surface area (Å²) in [7, 11) is 0. The van der Waals surface area contributed by atoms with E-state index in [-0.39, 0.29) is 5.56 Å². The summed E-state index contributed by atoms with van der Waals surface area (Å²) in [6.45, 7) is 0. The average Bonchev–Trinajstić information content (AvgIpc) is 2.40. The summed E-state index contributed by atoms with van der Waals surface area (Å²) in [4.78, 5) is 14.8. The second-order valence-corrected chi connectivity index (χ2v) is 3.89. The lowest BCUT2D eigenvalue weighted by atomic mass is 10.1. The molecule has 0 saturated heterocycles. The number of aromatic nitrogens is 1. The van der Waals surface area contributed by atoms with Crippen molar-refractivity contribution in [3.63, 3.8) is 0 Å². The largest absolute Gasteiger partial charge is 0.321 e. The van der Waals surface area contributed by atoms with Crippen molar-refractivity contribution in [2.75, 3.05) is 0 Å². The highest BCUT2D eigenvalue weighted by Crippen LogP contribution is 2.18. The van der Waals surface area contributed by atoms with Gasteiger partial charge in [-0.15, -0.1) is 0 Å². The fourth-order valence-electron chi connectivity index (χ4n) is 1.93. The number of nitrogens with one attached hydrogen (secondary N) is 1. The van der Waals surface area contributed by atoms with Crippen LogP contribution in [0.1, 0.15) is 0 Å². The summed E-state index contributed by atoms with van der Waals surface area (Å²) < 4.78 is 0. The Balaban J connectivity index is 2.30. The number of rotatable bonds is 1. The van der Waals surface area contributed by atoms with Crippen molar-refractivity contribution in [3.05, 3.63) is 71.0 Å². The highest BCUT2D eigenvalue weighted by Gasteiger charge is 2.02. The Bertz CT molecular complexity index is 714. The Kier molecular flexibility index (Phi) is 2.26. The van der Waals surface area contributed by atoms with Crippen LogP contribution in [0.5, 0.6) is 0 Å². The van der Waals surface area contributed by atoms with Gasteiger partial charge in [-0.2, -0.15) is 0 Å². The summed E-state index contributed by atoms with van der Waals surface area (Å²) in [5, 5.41) is 1.67. The number of fused-ring (bicyclic) bond motifs is 1. The molecule has 0 aliphatic carbocycles. The molecule has 1 heterocycles. The number of hydrogen-bond donors (Lipinski definition) is 1. The molecule has 1 N–H and O–H groups in total. The van der Waals surface area contributed by atoms with E-state index in [0.29, 0.717) is 0 Å². The number of benzene rings is 2. The zero-order valence-electron chi connectivity index (χ0n) is 9.10. The summed E-state index contributed by atoms with van der Waals surface area (Å²) in [6, 6.07) is 20.1. The molecule has 0 atom stereocenters. The molecule has 2 heteroatoms. The van der Waals surface area contributed by atoms with E-state index in [9.17, 15) is 4.79 Å². The summed E-state index contributed by atoms with van der Waals surface area (Å²) in [6.07, 6.45) is 0. The fraction of sp³-hybridized carbons (Fsp3) is 0. The molecule has 2 nitrogen and oxygen atoms in total. The van der Waals surface area contributed by atoms with Gasteiger partial charge in [0.15, 0.2) is 0 Å². The van der Waals surface area contributed by atoms with Crippen molar-refractivity contribution in [3.8, 4) is 11.3 Å². The summed E-state index contributed by atoms with van der Waals surface area (Å²) >= 11 is 0. The van der Waals surface area contributed by atoms with Crippen LogP contribution in [0, 0.1) is 6.07 Å². The van der Waals surface area contributed by atoms with Crippen molar-refractivity contribution >= 4 is 10.8 Å². The molecule has 0 saturated carbocycles. The Morgan fingerprint density at radius 3 is 2.76 bits per heavy atom. The van der Waals surface area contributed by atoms with Crippen LogP contribution >= 0.6 is 0 Å². The van der Waals surface area contributed by atoms with Crippen molar-refractivity contribution in [1.82, 2.24) is 4.98 Å². The minimum Gasteiger partial charge on any atom is -0.321 e. The van der Waals surface area contributed by atoms with Crippen LogP contribution in [-0.4, -0.2) is 4.98 Å². The van der Waals surface area contributed by atoms with E-state index >= 15 is 0 Å². The Labute approximate surface area is 98.6 Å². The van der Waals surface area contributed by atoms with Crippen molar-refractivity contribution < 1.29 is 0 Å². The number of aromatic amines is 1. The van der Waals surface area contributed by atoms with Crippen LogP contribution < -0.4 is 5.56 Å². The molecule has 0 fully saturated rings. The van der Waals surface area contributed by atoms with E-state index in [4.69, 9.17) is 0 Å². The van der Waals surface area contributed by atoms with Gasteiger partial charge >= 0.3 is 0 Å². The SMILES string of the molecule is O=c1[nH]c(-c2c[c]ccc2)cc2ccccc12. The molecule has 0 amide bonds. The highest BCUT2D eigenvalue weighted by atomic mass is 16.1. The first-order valence-electron chi connectivity index (χ1n) is 5.43. The first kappa shape index (κ1) is 9.85. The predicted molar refractivity (Wildman–Crippen MR) is 68.8 cm³/mol. The van der Waals surface area contributed by atoms with Crippen molar-refractivity contribution in [1.29, 1.82) is 0 Å². The molecule has 3 rings (SSSR count). The molecular formula is C15H10NO. The molecular weight excluding hydrogens is 210 g/mol. The molecule has 0 aliphatic rings. The number of hydrogen-bond acceptors (Lipinski definition) is 1. The van der Waals surface area contributed by atoms with Crippen LogP contribution in [-0.2, 0) is 0 Å². The van der Waals surface area contributed by atoms with E-state index in [1.54, 1.807) is 0 Å². The molecule has 1 aromatic heterocycles. The van der Waals surface area contributed by atoms with Gasteiger partial charge in [0.1, 0.15) is 0 Å². The maximum Gasteiger partial charge on any atom is 0.256 e. The number of H-pyrrole nitrogens is 1. The summed E-state index contributed by atoms with van der Waals surface area (Å²) in [5.74, 6) is 0. The monoisotopic (exact) mass is 220 g/mol. The molecule has 81 valence electrons. The lowest BCUT2D eigenvalue weighted by molar-refractivity contribution is 1.28. The maximum absolute atomic E-state index is 11.9. The molecule has 2 aromatic carbocycles. The average molecular weight is 220 g/mol. The summed E-state index contributed by atoms with van der Waals surface area (Å²) in [5.41, 5.74) is 1.74. The molecule has 3 aromatic rings. The van der Waals surface area contributed by atoms with Gasteiger partial charge in [0.2, 0.25) is 0 Å². The second kappa shape index (κ2) is 3.91. The molecule has 17 heavy (non-hydrogen) atoms. The van der Waals surface area contributed by atoms with Crippen LogP contribution in [0.4, 0.5) is 0 Å². The third-order valence-corrected chi connectivity index (χ3v) is 2.77. The van der Waals surface area contributed by atoms with E-state index in [1.165, 1.54) is 0 Å². The fourth-order valence-corrected chi connectivity index (χ4v) is 1.93. The van der Waals surface area contributed by atoms with Crippen LogP contribution in [0.15, 0.2) is 59.4 Å². The van der Waals surface area contributed by atoms with E-state index in [2.05, 4.69) is 11.1 Å².